The highest BCUT2D eigenvalue weighted by Crippen LogP contribution is 2.25. The van der Waals surface area contributed by atoms with E-state index in [0.29, 0.717) is 0 Å². The average molecular weight is 682 g/mol. The van der Waals surface area contributed by atoms with Crippen molar-refractivity contribution in [2.24, 2.45) is 35.5 Å². The van der Waals surface area contributed by atoms with Crippen molar-refractivity contribution in [1.29, 1.82) is 0 Å². The molecule has 48 heavy (non-hydrogen) atoms. The van der Waals surface area contributed by atoms with E-state index in [9.17, 15) is 28.8 Å². The van der Waals surface area contributed by atoms with E-state index in [1.165, 1.54) is 35.8 Å². The van der Waals surface area contributed by atoms with E-state index in [4.69, 9.17) is 14.2 Å². The highest BCUT2D eigenvalue weighted by atomic mass is 16.6. The number of hydrogen-bond donors (Lipinski definition) is 0. The monoisotopic (exact) mass is 681 g/mol. The van der Waals surface area contributed by atoms with E-state index >= 15 is 0 Å². The molecule has 0 aromatic rings. The van der Waals surface area contributed by atoms with Gasteiger partial charge in [0.2, 0.25) is 0 Å². The molecular formula is C36H63N3O9. The maximum Gasteiger partial charge on any atom is 0.329 e. The van der Waals surface area contributed by atoms with Crippen molar-refractivity contribution in [3.63, 3.8) is 0 Å². The van der Waals surface area contributed by atoms with Gasteiger partial charge in [0.1, 0.15) is 18.1 Å². The minimum Gasteiger partial charge on any atom is -0.451 e. The van der Waals surface area contributed by atoms with Crippen LogP contribution in [0.25, 0.3) is 0 Å². The molecular weight excluding hydrogens is 618 g/mol. The number of hydrogen-bond acceptors (Lipinski definition) is 9. The quantitative estimate of drug-likeness (QED) is 0.257. The van der Waals surface area contributed by atoms with Crippen LogP contribution >= 0.6 is 0 Å². The van der Waals surface area contributed by atoms with Crippen molar-refractivity contribution in [1.82, 2.24) is 14.7 Å². The number of carbonyl (C=O) groups is 6. The van der Waals surface area contributed by atoms with Crippen molar-refractivity contribution in [3.05, 3.63) is 0 Å². The fourth-order valence-electron chi connectivity index (χ4n) is 6.24. The first-order valence-electron chi connectivity index (χ1n) is 17.4. The molecule has 0 N–H and O–H groups in total. The summed E-state index contributed by atoms with van der Waals surface area (Å²) in [5.41, 5.74) is 0. The van der Waals surface area contributed by atoms with Gasteiger partial charge >= 0.3 is 17.9 Å². The van der Waals surface area contributed by atoms with E-state index in [2.05, 4.69) is 0 Å². The molecule has 6 atom stereocenters. The molecule has 1 rings (SSSR count). The Kier molecular flexibility index (Phi) is 16.6. The molecule has 12 heteroatoms. The molecule has 1 fully saturated rings. The molecule has 276 valence electrons. The lowest BCUT2D eigenvalue weighted by Crippen LogP contribution is -2.56. The fourth-order valence-corrected chi connectivity index (χ4v) is 6.24. The maximum absolute atomic E-state index is 14.0. The van der Waals surface area contributed by atoms with Crippen LogP contribution in [0.1, 0.15) is 102 Å². The van der Waals surface area contributed by atoms with Gasteiger partial charge in [-0.05, 0) is 54.8 Å². The molecule has 1 heterocycles. The standard InChI is InChI=1S/C36H63N3O9/c1-19(2)16-25-31(40)37(13)29(23(9)10)35(44)47-27(18-21(5)6)33(42)39(15)30(24(11)12)36(45)48-26(17-20(3)4)32(41)38(14)28(22(7)8)34(43)46-25/h19-30H,16-18H2,1-15H3/t25-,26-,27-,28+,29+,30+/m1/s1. The molecule has 0 bridgehead atoms. The van der Waals surface area contributed by atoms with Crippen LogP contribution in [0, 0.1) is 35.5 Å². The number of nitrogens with zero attached hydrogens (tertiary/aromatic N) is 3. The Bertz CT molecular complexity index is 996. The number of amides is 3. The lowest BCUT2D eigenvalue weighted by Gasteiger charge is -2.37. The van der Waals surface area contributed by atoms with Gasteiger partial charge in [-0.25, -0.2) is 14.4 Å². The van der Waals surface area contributed by atoms with Gasteiger partial charge in [-0.3, -0.25) is 14.4 Å². The predicted molar refractivity (Wildman–Crippen MR) is 182 cm³/mol. The molecule has 1 aliphatic rings. The summed E-state index contributed by atoms with van der Waals surface area (Å²) >= 11 is 0. The summed E-state index contributed by atoms with van der Waals surface area (Å²) in [4.78, 5) is 87.3. The van der Waals surface area contributed by atoms with E-state index in [-0.39, 0.29) is 37.0 Å². The minimum absolute atomic E-state index is 0.0633. The highest BCUT2D eigenvalue weighted by Gasteiger charge is 2.44. The summed E-state index contributed by atoms with van der Waals surface area (Å²) in [6.07, 6.45) is -3.26. The van der Waals surface area contributed by atoms with Gasteiger partial charge in [-0.2, -0.15) is 0 Å². The van der Waals surface area contributed by atoms with Gasteiger partial charge in [0.05, 0.1) is 0 Å². The largest absolute Gasteiger partial charge is 0.451 e. The van der Waals surface area contributed by atoms with Gasteiger partial charge in [-0.1, -0.05) is 83.1 Å². The zero-order chi connectivity index (χ0) is 37.4. The van der Waals surface area contributed by atoms with Crippen molar-refractivity contribution < 1.29 is 43.0 Å². The molecule has 1 aliphatic heterocycles. The molecule has 1 saturated heterocycles. The van der Waals surface area contributed by atoms with Crippen molar-refractivity contribution in [2.45, 2.75) is 139 Å². The minimum atomic E-state index is -1.25. The summed E-state index contributed by atoms with van der Waals surface area (Å²) < 4.78 is 17.7. The van der Waals surface area contributed by atoms with Gasteiger partial charge < -0.3 is 28.9 Å². The van der Waals surface area contributed by atoms with E-state index in [0.717, 1.165) is 0 Å². The molecule has 0 saturated carbocycles. The Labute approximate surface area is 288 Å². The van der Waals surface area contributed by atoms with Gasteiger partial charge in [0.15, 0.2) is 18.3 Å². The van der Waals surface area contributed by atoms with Crippen LogP contribution in [-0.2, 0) is 43.0 Å². The number of rotatable bonds is 9. The number of esters is 3. The van der Waals surface area contributed by atoms with Crippen LogP contribution in [0.4, 0.5) is 0 Å². The summed E-state index contributed by atoms with van der Waals surface area (Å²) in [6.45, 7) is 21.8. The zero-order valence-electron chi connectivity index (χ0n) is 32.1. The topological polar surface area (TPSA) is 140 Å². The van der Waals surface area contributed by atoms with Gasteiger partial charge in [0, 0.05) is 21.1 Å². The Morgan fingerprint density at radius 3 is 0.750 bits per heavy atom. The predicted octanol–water partition coefficient (Wildman–Crippen LogP) is 4.32. The third-order valence-corrected chi connectivity index (χ3v) is 8.57. The third kappa shape index (κ3) is 11.5. The van der Waals surface area contributed by atoms with Crippen molar-refractivity contribution >= 4 is 35.6 Å². The maximum atomic E-state index is 14.0. The molecule has 12 nitrogen and oxygen atoms in total. The zero-order valence-corrected chi connectivity index (χ0v) is 32.1. The second-order valence-electron chi connectivity index (χ2n) is 15.6. The van der Waals surface area contributed by atoms with E-state index in [1.807, 2.05) is 41.5 Å². The molecule has 0 aromatic carbocycles. The molecule has 3 amide bonds. The molecule has 0 radical (unpaired) electrons. The molecule has 0 spiro atoms. The summed E-state index contributed by atoms with van der Waals surface area (Å²) in [7, 11) is 4.36. The molecule has 0 aromatic heterocycles. The van der Waals surface area contributed by atoms with Crippen molar-refractivity contribution in [2.75, 3.05) is 21.1 Å². The number of carbonyl (C=O) groups excluding carboxylic acids is 6. The normalized spacial score (nSPS) is 26.6. The third-order valence-electron chi connectivity index (χ3n) is 8.57. The first kappa shape index (κ1) is 42.8. The van der Waals surface area contributed by atoms with E-state index < -0.39 is 89.8 Å². The van der Waals surface area contributed by atoms with Gasteiger partial charge in [-0.15, -0.1) is 0 Å². The van der Waals surface area contributed by atoms with E-state index in [1.54, 1.807) is 41.5 Å². The van der Waals surface area contributed by atoms with Crippen LogP contribution in [0.15, 0.2) is 0 Å². The molecule has 0 unspecified atom stereocenters. The average Bonchev–Trinajstić information content (AvgIpc) is 2.93. The first-order chi connectivity index (χ1) is 22.0. The highest BCUT2D eigenvalue weighted by molar-refractivity contribution is 5.94. The Morgan fingerprint density at radius 2 is 0.604 bits per heavy atom. The van der Waals surface area contributed by atoms with Crippen LogP contribution in [-0.4, -0.2) is 108 Å². The van der Waals surface area contributed by atoms with Crippen LogP contribution in [0.5, 0.6) is 0 Å². The number of cyclic esters (lactones) is 3. The van der Waals surface area contributed by atoms with Crippen molar-refractivity contribution in [3.8, 4) is 0 Å². The first-order valence-corrected chi connectivity index (χ1v) is 17.4. The summed E-state index contributed by atoms with van der Waals surface area (Å²) in [6, 6.07) is -3.32. The SMILES string of the molecule is CC(C)C[C@H]1OC(=O)[C@H](C(C)C)N(C)C(=O)[C@@H](CC(C)C)OC(=O)[C@H](C(C)C)N(C)C(=O)[C@@H](CC(C)C)OC(=O)[C@H](C(C)C)N(C)C1=O. The second-order valence-corrected chi connectivity index (χ2v) is 15.6. The number of likely N-dealkylation sites (N-methyl/N-ethyl adjacent to an activating group) is 3. The summed E-state index contributed by atoms with van der Waals surface area (Å²) in [5.74, 6) is -5.61. The Hall–Kier alpha value is -3.18. The fraction of sp³-hybridized carbons (Fsp3) is 0.833. The van der Waals surface area contributed by atoms with Crippen LogP contribution in [0.3, 0.4) is 0 Å². The van der Waals surface area contributed by atoms with Crippen LogP contribution in [0.2, 0.25) is 0 Å². The van der Waals surface area contributed by atoms with Crippen LogP contribution < -0.4 is 0 Å². The lowest BCUT2D eigenvalue weighted by molar-refractivity contribution is -0.179. The molecule has 0 aliphatic carbocycles. The Morgan fingerprint density at radius 1 is 0.417 bits per heavy atom. The smallest absolute Gasteiger partial charge is 0.329 e. The summed E-state index contributed by atoms with van der Waals surface area (Å²) in [5, 5.41) is 0. The lowest BCUT2D eigenvalue weighted by atomic mass is 9.98. The Balaban J connectivity index is 3.97. The van der Waals surface area contributed by atoms with Gasteiger partial charge in [0.25, 0.3) is 17.7 Å². The second kappa shape index (κ2) is 18.5. The number of ether oxygens (including phenoxy) is 3.